The maximum atomic E-state index is 14.0. The van der Waals surface area contributed by atoms with E-state index in [1.165, 1.54) is 19.2 Å². The molecule has 0 aromatic heterocycles. The molecule has 0 atom stereocenters. The molecule has 0 radical (unpaired) electrons. The molecule has 0 bridgehead atoms. The third-order valence-corrected chi connectivity index (χ3v) is 3.73. The van der Waals surface area contributed by atoms with Crippen LogP contribution >= 0.6 is 0 Å². The Bertz CT molecular complexity index is 391. The number of nitrogens with two attached hydrogens (primary N) is 1. The van der Waals surface area contributed by atoms with Crippen molar-refractivity contribution in [2.75, 3.05) is 13.7 Å². The predicted molar refractivity (Wildman–Crippen MR) is 62.1 cm³/mol. The molecule has 0 aliphatic heterocycles. The molecule has 1 aliphatic carbocycles. The molecule has 1 aliphatic rings. The van der Waals surface area contributed by atoms with E-state index >= 15 is 0 Å². The standard InChI is InChI=1S/C13H17F2NO/c1-17-9-6-10(14)12(11(15)7-9)13(8-16)4-2-3-5-13/h6-7H,2-5,8,16H2,1H3. The molecule has 0 spiro atoms. The van der Waals surface area contributed by atoms with Crippen molar-refractivity contribution in [3.8, 4) is 5.75 Å². The molecule has 0 heterocycles. The molecular formula is C13H17F2NO. The fraction of sp³-hybridized carbons (Fsp3) is 0.538. The van der Waals surface area contributed by atoms with Crippen molar-refractivity contribution in [1.29, 1.82) is 0 Å². The third kappa shape index (κ3) is 2.02. The lowest BCUT2D eigenvalue weighted by molar-refractivity contribution is 0.381. The van der Waals surface area contributed by atoms with Crippen LogP contribution in [0, 0.1) is 11.6 Å². The summed E-state index contributed by atoms with van der Waals surface area (Å²) in [4.78, 5) is 0. The molecule has 2 rings (SSSR count). The molecule has 0 unspecified atom stereocenters. The lowest BCUT2D eigenvalue weighted by Gasteiger charge is -2.28. The molecule has 2 nitrogen and oxygen atoms in total. The summed E-state index contributed by atoms with van der Waals surface area (Å²) in [5.41, 5.74) is 5.35. The Morgan fingerprint density at radius 2 is 1.76 bits per heavy atom. The lowest BCUT2D eigenvalue weighted by atomic mass is 9.78. The van der Waals surface area contributed by atoms with Crippen LogP contribution in [-0.4, -0.2) is 13.7 Å². The average molecular weight is 241 g/mol. The summed E-state index contributed by atoms with van der Waals surface area (Å²) in [5.74, 6) is -0.891. The van der Waals surface area contributed by atoms with Crippen LogP contribution in [0.2, 0.25) is 0 Å². The highest BCUT2D eigenvalue weighted by molar-refractivity contribution is 5.36. The minimum absolute atomic E-state index is 0.137. The van der Waals surface area contributed by atoms with Crippen LogP contribution in [0.4, 0.5) is 8.78 Å². The van der Waals surface area contributed by atoms with Gasteiger partial charge >= 0.3 is 0 Å². The number of ether oxygens (including phenoxy) is 1. The van der Waals surface area contributed by atoms with Crippen molar-refractivity contribution < 1.29 is 13.5 Å². The Hall–Kier alpha value is -1.16. The van der Waals surface area contributed by atoms with Gasteiger partial charge in [-0.3, -0.25) is 0 Å². The summed E-state index contributed by atoms with van der Waals surface area (Å²) < 4.78 is 32.9. The summed E-state index contributed by atoms with van der Waals surface area (Å²) in [5, 5.41) is 0. The molecule has 1 aromatic rings. The fourth-order valence-corrected chi connectivity index (χ4v) is 2.78. The van der Waals surface area contributed by atoms with Crippen molar-refractivity contribution in [2.45, 2.75) is 31.1 Å². The SMILES string of the molecule is COc1cc(F)c(C2(CN)CCCC2)c(F)c1. The molecule has 17 heavy (non-hydrogen) atoms. The molecule has 1 saturated carbocycles. The third-order valence-electron chi connectivity index (χ3n) is 3.73. The lowest BCUT2D eigenvalue weighted by Crippen LogP contribution is -2.34. The van der Waals surface area contributed by atoms with Gasteiger partial charge in [0.25, 0.3) is 0 Å². The maximum absolute atomic E-state index is 14.0. The second kappa shape index (κ2) is 4.61. The molecule has 0 saturated heterocycles. The minimum Gasteiger partial charge on any atom is -0.497 e. The number of rotatable bonds is 3. The van der Waals surface area contributed by atoms with Gasteiger partial charge in [-0.25, -0.2) is 8.78 Å². The van der Waals surface area contributed by atoms with Crippen molar-refractivity contribution in [3.63, 3.8) is 0 Å². The predicted octanol–water partition coefficient (Wildman–Crippen LogP) is 2.74. The minimum atomic E-state index is -0.547. The van der Waals surface area contributed by atoms with Gasteiger partial charge in [-0.2, -0.15) is 0 Å². The first-order chi connectivity index (χ1) is 8.13. The highest BCUT2D eigenvalue weighted by atomic mass is 19.1. The van der Waals surface area contributed by atoms with E-state index in [0.717, 1.165) is 25.7 Å². The highest BCUT2D eigenvalue weighted by Gasteiger charge is 2.38. The smallest absolute Gasteiger partial charge is 0.133 e. The molecule has 94 valence electrons. The van der Waals surface area contributed by atoms with Gasteiger partial charge in [0.15, 0.2) is 0 Å². The molecule has 1 aromatic carbocycles. The van der Waals surface area contributed by atoms with Gasteiger partial charge in [0.2, 0.25) is 0 Å². The van der Waals surface area contributed by atoms with Gasteiger partial charge in [-0.15, -0.1) is 0 Å². The van der Waals surface area contributed by atoms with Gasteiger partial charge in [0.05, 0.1) is 7.11 Å². The van der Waals surface area contributed by atoms with Crippen LogP contribution in [0.5, 0.6) is 5.75 Å². The van der Waals surface area contributed by atoms with Gasteiger partial charge in [0, 0.05) is 29.7 Å². The first-order valence-electron chi connectivity index (χ1n) is 5.86. The van der Waals surface area contributed by atoms with E-state index < -0.39 is 17.0 Å². The normalized spacial score (nSPS) is 18.4. The Morgan fingerprint density at radius 3 is 2.18 bits per heavy atom. The average Bonchev–Trinajstić information content (AvgIpc) is 2.77. The summed E-state index contributed by atoms with van der Waals surface area (Å²) in [7, 11) is 1.39. The summed E-state index contributed by atoms with van der Waals surface area (Å²) in [6, 6.07) is 2.46. The largest absolute Gasteiger partial charge is 0.497 e. The van der Waals surface area contributed by atoms with Crippen LogP contribution in [0.1, 0.15) is 31.2 Å². The topological polar surface area (TPSA) is 35.2 Å². The zero-order chi connectivity index (χ0) is 12.5. The van der Waals surface area contributed by atoms with E-state index in [-0.39, 0.29) is 17.9 Å². The Kier molecular flexibility index (Phi) is 3.33. The quantitative estimate of drug-likeness (QED) is 0.883. The number of halogens is 2. The second-order valence-electron chi connectivity index (χ2n) is 4.66. The summed E-state index contributed by atoms with van der Waals surface area (Å²) in [6.45, 7) is 0.285. The van der Waals surface area contributed by atoms with Crippen LogP contribution in [0.15, 0.2) is 12.1 Å². The maximum Gasteiger partial charge on any atom is 0.133 e. The van der Waals surface area contributed by atoms with Crippen molar-refractivity contribution in [1.82, 2.24) is 0 Å². The van der Waals surface area contributed by atoms with Crippen LogP contribution in [0.25, 0.3) is 0 Å². The number of hydrogen-bond acceptors (Lipinski definition) is 2. The van der Waals surface area contributed by atoms with Crippen molar-refractivity contribution in [2.24, 2.45) is 5.73 Å². The van der Waals surface area contributed by atoms with Gasteiger partial charge < -0.3 is 10.5 Å². The monoisotopic (exact) mass is 241 g/mol. The van der Waals surface area contributed by atoms with Crippen LogP contribution in [0.3, 0.4) is 0 Å². The summed E-state index contributed by atoms with van der Waals surface area (Å²) in [6.07, 6.45) is 3.46. The Morgan fingerprint density at radius 1 is 1.24 bits per heavy atom. The molecular weight excluding hydrogens is 224 g/mol. The van der Waals surface area contributed by atoms with Crippen molar-refractivity contribution >= 4 is 0 Å². The highest BCUT2D eigenvalue weighted by Crippen LogP contribution is 2.43. The molecule has 0 amide bonds. The molecule has 2 N–H and O–H groups in total. The molecule has 1 fully saturated rings. The van der Waals surface area contributed by atoms with Gasteiger partial charge in [0.1, 0.15) is 17.4 Å². The van der Waals surface area contributed by atoms with E-state index in [2.05, 4.69) is 0 Å². The van der Waals surface area contributed by atoms with E-state index in [1.54, 1.807) is 0 Å². The molecule has 4 heteroatoms. The van der Waals surface area contributed by atoms with Gasteiger partial charge in [-0.05, 0) is 12.8 Å². The van der Waals surface area contributed by atoms with Gasteiger partial charge in [-0.1, -0.05) is 12.8 Å². The van der Waals surface area contributed by atoms with E-state index in [4.69, 9.17) is 10.5 Å². The Balaban J connectivity index is 2.50. The second-order valence-corrected chi connectivity index (χ2v) is 4.66. The van der Waals surface area contributed by atoms with Crippen LogP contribution < -0.4 is 10.5 Å². The van der Waals surface area contributed by atoms with E-state index in [0.29, 0.717) is 0 Å². The zero-order valence-corrected chi connectivity index (χ0v) is 9.93. The summed E-state index contributed by atoms with van der Waals surface area (Å²) >= 11 is 0. The number of hydrogen-bond donors (Lipinski definition) is 1. The number of benzene rings is 1. The fourth-order valence-electron chi connectivity index (χ4n) is 2.78. The Labute approximate surface area is 99.8 Å². The van der Waals surface area contributed by atoms with E-state index in [9.17, 15) is 8.78 Å². The van der Waals surface area contributed by atoms with Crippen molar-refractivity contribution in [3.05, 3.63) is 29.3 Å². The first kappa shape index (κ1) is 12.3. The number of methoxy groups -OCH3 is 1. The van der Waals surface area contributed by atoms with E-state index in [1.807, 2.05) is 0 Å². The van der Waals surface area contributed by atoms with Crippen LogP contribution in [-0.2, 0) is 5.41 Å². The first-order valence-corrected chi connectivity index (χ1v) is 5.86. The zero-order valence-electron chi connectivity index (χ0n) is 9.93.